The van der Waals surface area contributed by atoms with Gasteiger partial charge in [-0.25, -0.2) is 0 Å². The minimum Gasteiger partial charge on any atom is -0.382 e. The third-order valence-corrected chi connectivity index (χ3v) is 3.91. The van der Waals surface area contributed by atoms with Crippen LogP contribution in [0.5, 0.6) is 0 Å². The van der Waals surface area contributed by atoms with Crippen molar-refractivity contribution in [2.24, 2.45) is 5.92 Å². The maximum Gasteiger partial charge on any atom is 0.393 e. The molecule has 0 aromatic carbocycles. The fraction of sp³-hybridized carbons (Fsp3) is 0.600. The molecule has 2 rings (SSSR count). The van der Waals surface area contributed by atoms with E-state index in [1.165, 1.54) is 0 Å². The second-order valence-electron chi connectivity index (χ2n) is 4.19. The number of alkyl halides is 3. The molecule has 1 aliphatic heterocycles. The Morgan fingerprint density at radius 2 is 2.22 bits per heavy atom. The Balaban J connectivity index is 2.21. The normalized spacial score (nSPS) is 20.8. The first-order chi connectivity index (χ1) is 8.43. The first-order valence-electron chi connectivity index (χ1n) is 5.40. The van der Waals surface area contributed by atoms with E-state index in [0.29, 0.717) is 18.0 Å². The van der Waals surface area contributed by atoms with Crippen LogP contribution in [0.2, 0.25) is 0 Å². The summed E-state index contributed by atoms with van der Waals surface area (Å²) in [6.07, 6.45) is -3.61. The molecule has 0 amide bonds. The molecule has 18 heavy (non-hydrogen) atoms. The Kier molecular flexibility index (Phi) is 3.34. The lowest BCUT2D eigenvalue weighted by Gasteiger charge is -2.34. The molecule has 1 saturated heterocycles. The van der Waals surface area contributed by atoms with Crippen LogP contribution in [0.25, 0.3) is 0 Å². The summed E-state index contributed by atoms with van der Waals surface area (Å²) in [6.45, 7) is 0.378. The van der Waals surface area contributed by atoms with Crippen molar-refractivity contribution in [3.8, 4) is 6.07 Å². The minimum atomic E-state index is -4.19. The average molecular weight is 276 g/mol. The summed E-state index contributed by atoms with van der Waals surface area (Å²) in [4.78, 5) is 1.56. The molecule has 2 heterocycles. The van der Waals surface area contributed by atoms with Gasteiger partial charge in [-0.15, -0.1) is 0 Å². The Hall–Kier alpha value is -1.49. The number of aromatic nitrogens is 1. The molecule has 1 fully saturated rings. The number of nitrogen functional groups attached to an aromatic ring is 1. The quantitative estimate of drug-likeness (QED) is 0.855. The van der Waals surface area contributed by atoms with Crippen molar-refractivity contribution in [1.82, 2.24) is 4.37 Å². The van der Waals surface area contributed by atoms with Crippen LogP contribution < -0.4 is 10.6 Å². The first-order valence-corrected chi connectivity index (χ1v) is 6.17. The Bertz CT molecular complexity index is 476. The highest BCUT2D eigenvalue weighted by Gasteiger charge is 2.42. The van der Waals surface area contributed by atoms with E-state index in [1.807, 2.05) is 6.07 Å². The zero-order valence-corrected chi connectivity index (χ0v) is 10.2. The van der Waals surface area contributed by atoms with E-state index in [1.54, 1.807) is 4.90 Å². The zero-order valence-electron chi connectivity index (χ0n) is 9.37. The second-order valence-corrected chi connectivity index (χ2v) is 4.94. The number of nitriles is 1. The molecule has 1 aromatic rings. The number of anilines is 2. The molecule has 0 bridgehead atoms. The van der Waals surface area contributed by atoms with Crippen molar-refractivity contribution in [3.05, 3.63) is 5.56 Å². The predicted octanol–water partition coefficient (Wildman–Crippen LogP) is 2.38. The van der Waals surface area contributed by atoms with Crippen molar-refractivity contribution >= 4 is 22.4 Å². The molecule has 1 aliphatic rings. The van der Waals surface area contributed by atoms with E-state index in [-0.39, 0.29) is 24.3 Å². The van der Waals surface area contributed by atoms with Gasteiger partial charge in [-0.3, -0.25) is 0 Å². The summed E-state index contributed by atoms with van der Waals surface area (Å²) in [5.74, 6) is -1.26. The second kappa shape index (κ2) is 4.65. The topological polar surface area (TPSA) is 65.9 Å². The van der Waals surface area contributed by atoms with E-state index in [0.717, 1.165) is 11.5 Å². The molecule has 1 aromatic heterocycles. The molecule has 0 spiro atoms. The number of nitrogens with zero attached hydrogens (tertiary/aromatic N) is 3. The number of hydrogen-bond acceptors (Lipinski definition) is 5. The summed E-state index contributed by atoms with van der Waals surface area (Å²) >= 11 is 0.981. The van der Waals surface area contributed by atoms with Gasteiger partial charge < -0.3 is 10.6 Å². The van der Waals surface area contributed by atoms with Gasteiger partial charge in [0.2, 0.25) is 0 Å². The van der Waals surface area contributed by atoms with Crippen molar-refractivity contribution < 1.29 is 13.2 Å². The highest BCUT2D eigenvalue weighted by atomic mass is 32.1. The van der Waals surface area contributed by atoms with Crippen molar-refractivity contribution in [2.45, 2.75) is 19.0 Å². The van der Waals surface area contributed by atoms with Crippen molar-refractivity contribution in [1.29, 1.82) is 5.26 Å². The van der Waals surface area contributed by atoms with Gasteiger partial charge in [0.05, 0.1) is 5.92 Å². The van der Waals surface area contributed by atoms with Crippen LogP contribution in [0.15, 0.2) is 0 Å². The minimum absolute atomic E-state index is 0.0895. The number of hydrogen-bond donors (Lipinski definition) is 1. The number of halogens is 3. The van der Waals surface area contributed by atoms with Crippen LogP contribution in [-0.2, 0) is 0 Å². The van der Waals surface area contributed by atoms with E-state index in [9.17, 15) is 13.2 Å². The molecular formula is C10H11F3N4S. The third-order valence-electron chi connectivity index (χ3n) is 2.98. The summed E-state index contributed by atoms with van der Waals surface area (Å²) in [5, 5.41) is 9.38. The Labute approximate surface area is 106 Å². The maximum atomic E-state index is 12.7. The smallest absolute Gasteiger partial charge is 0.382 e. The Morgan fingerprint density at radius 1 is 1.50 bits per heavy atom. The SMILES string of the molecule is N#Cc1c(N)nsc1N1CCCC(C(F)(F)F)C1. The van der Waals surface area contributed by atoms with Crippen LogP contribution in [0.3, 0.4) is 0 Å². The van der Waals surface area contributed by atoms with Gasteiger partial charge in [-0.05, 0) is 24.4 Å². The van der Waals surface area contributed by atoms with Crippen molar-refractivity contribution in [2.75, 3.05) is 23.7 Å². The van der Waals surface area contributed by atoms with Crippen LogP contribution >= 0.6 is 11.5 Å². The molecular weight excluding hydrogens is 265 g/mol. The fourth-order valence-electron chi connectivity index (χ4n) is 2.04. The zero-order chi connectivity index (χ0) is 13.3. The molecule has 1 atom stereocenters. The largest absolute Gasteiger partial charge is 0.393 e. The van der Waals surface area contributed by atoms with E-state index in [4.69, 9.17) is 11.0 Å². The number of nitrogens with two attached hydrogens (primary N) is 1. The van der Waals surface area contributed by atoms with Crippen LogP contribution in [-0.4, -0.2) is 23.6 Å². The molecule has 0 radical (unpaired) electrons. The van der Waals surface area contributed by atoms with Crippen LogP contribution in [0.4, 0.5) is 24.0 Å². The van der Waals surface area contributed by atoms with Gasteiger partial charge in [0.15, 0.2) is 5.82 Å². The number of piperidine rings is 1. The predicted molar refractivity (Wildman–Crippen MR) is 62.2 cm³/mol. The van der Waals surface area contributed by atoms with E-state index >= 15 is 0 Å². The van der Waals surface area contributed by atoms with Gasteiger partial charge in [-0.1, -0.05) is 0 Å². The highest BCUT2D eigenvalue weighted by Crippen LogP contribution is 2.37. The summed E-state index contributed by atoms with van der Waals surface area (Å²) in [5.41, 5.74) is 5.69. The molecule has 8 heteroatoms. The maximum absolute atomic E-state index is 12.7. The number of rotatable bonds is 1. The van der Waals surface area contributed by atoms with Crippen LogP contribution in [0.1, 0.15) is 18.4 Å². The van der Waals surface area contributed by atoms with E-state index in [2.05, 4.69) is 4.37 Å². The average Bonchev–Trinajstić information content (AvgIpc) is 2.69. The lowest BCUT2D eigenvalue weighted by Crippen LogP contribution is -2.41. The molecule has 1 unspecified atom stereocenters. The lowest BCUT2D eigenvalue weighted by atomic mass is 9.97. The van der Waals surface area contributed by atoms with Gasteiger partial charge in [0.25, 0.3) is 0 Å². The standard InChI is InChI=1S/C10H11F3N4S/c11-10(12,13)6-2-1-3-17(5-6)9-7(4-14)8(15)16-18-9/h6H,1-3,5H2,(H2,15,16). The molecule has 0 aliphatic carbocycles. The first kappa shape index (κ1) is 13.0. The highest BCUT2D eigenvalue weighted by molar-refractivity contribution is 7.10. The van der Waals surface area contributed by atoms with Gasteiger partial charge in [0.1, 0.15) is 16.6 Å². The molecule has 2 N–H and O–H groups in total. The monoisotopic (exact) mass is 276 g/mol. The molecule has 0 saturated carbocycles. The van der Waals surface area contributed by atoms with Gasteiger partial charge in [0, 0.05) is 13.1 Å². The van der Waals surface area contributed by atoms with Crippen LogP contribution in [0, 0.1) is 17.2 Å². The van der Waals surface area contributed by atoms with Gasteiger partial charge >= 0.3 is 6.18 Å². The van der Waals surface area contributed by atoms with E-state index < -0.39 is 12.1 Å². The summed E-state index contributed by atoms with van der Waals surface area (Å²) in [6, 6.07) is 1.89. The Morgan fingerprint density at radius 3 is 2.83 bits per heavy atom. The molecule has 4 nitrogen and oxygen atoms in total. The summed E-state index contributed by atoms with van der Waals surface area (Å²) < 4.78 is 41.9. The van der Waals surface area contributed by atoms with Gasteiger partial charge in [-0.2, -0.15) is 22.8 Å². The fourth-order valence-corrected chi connectivity index (χ4v) is 2.84. The molecule has 98 valence electrons. The van der Waals surface area contributed by atoms with Crippen molar-refractivity contribution in [3.63, 3.8) is 0 Å². The third kappa shape index (κ3) is 2.36. The summed E-state index contributed by atoms with van der Waals surface area (Å²) in [7, 11) is 0. The lowest BCUT2D eigenvalue weighted by molar-refractivity contribution is -0.175.